The molecule has 2 fully saturated rings. The number of hydrogen-bond acceptors (Lipinski definition) is 7. The van der Waals surface area contributed by atoms with E-state index in [0.29, 0.717) is 43.5 Å². The van der Waals surface area contributed by atoms with Gasteiger partial charge in [-0.3, -0.25) is 10.0 Å². The summed E-state index contributed by atoms with van der Waals surface area (Å²) < 4.78 is 39.0. The molecule has 1 aromatic rings. The number of carbonyl (C=O) groups excluding carboxylic acids is 1. The number of pyridine rings is 1. The van der Waals surface area contributed by atoms with E-state index < -0.39 is 17.6 Å². The summed E-state index contributed by atoms with van der Waals surface area (Å²) in [5, 5.41) is 11.8. The molecule has 0 radical (unpaired) electrons. The fraction of sp³-hybridized carbons (Fsp3) is 0.500. The summed E-state index contributed by atoms with van der Waals surface area (Å²) in [6, 6.07) is 2.10. The number of guanidine groups is 1. The lowest BCUT2D eigenvalue weighted by Gasteiger charge is -2.47. The molecule has 0 saturated carbocycles. The highest BCUT2D eigenvalue weighted by atomic mass is 19.4. The van der Waals surface area contributed by atoms with Crippen LogP contribution in [0.2, 0.25) is 0 Å². The van der Waals surface area contributed by atoms with Gasteiger partial charge in [0.2, 0.25) is 0 Å². The molecule has 0 aromatic carbocycles. The molecule has 2 unspecified atom stereocenters. The van der Waals surface area contributed by atoms with Crippen molar-refractivity contribution in [3.05, 3.63) is 35.7 Å². The van der Waals surface area contributed by atoms with Gasteiger partial charge in [-0.1, -0.05) is 0 Å². The quantitative estimate of drug-likeness (QED) is 0.501. The van der Waals surface area contributed by atoms with Crippen LogP contribution in [-0.2, 0) is 11.0 Å². The number of aromatic nitrogens is 1. The SMILES string of the molecule is O=C(NO)C1=CN=C(N2CC3CC(C2)CN(c2cc(C(F)(F)F)ccn2)C3)NC1. The molecule has 3 aliphatic heterocycles. The third kappa shape index (κ3) is 4.14. The second kappa shape index (κ2) is 7.54. The van der Waals surface area contributed by atoms with Gasteiger partial charge in [-0.25, -0.2) is 15.5 Å². The molecule has 0 aliphatic carbocycles. The van der Waals surface area contributed by atoms with Gasteiger partial charge in [0.1, 0.15) is 5.82 Å². The van der Waals surface area contributed by atoms with Gasteiger partial charge < -0.3 is 15.1 Å². The van der Waals surface area contributed by atoms with Crippen molar-refractivity contribution in [2.45, 2.75) is 12.6 Å². The maximum absolute atomic E-state index is 13.0. The van der Waals surface area contributed by atoms with Gasteiger partial charge in [0.05, 0.1) is 11.1 Å². The number of piperidine rings is 2. The van der Waals surface area contributed by atoms with Crippen molar-refractivity contribution < 1.29 is 23.2 Å². The highest BCUT2D eigenvalue weighted by Gasteiger charge is 2.37. The van der Waals surface area contributed by atoms with Crippen LogP contribution in [0.3, 0.4) is 0 Å². The van der Waals surface area contributed by atoms with Crippen LogP contribution in [0.5, 0.6) is 0 Å². The van der Waals surface area contributed by atoms with Crippen molar-refractivity contribution in [2.75, 3.05) is 37.6 Å². The summed E-state index contributed by atoms with van der Waals surface area (Å²) in [7, 11) is 0. The summed E-state index contributed by atoms with van der Waals surface area (Å²) in [5.74, 6) is 0.975. The number of nitrogens with one attached hydrogen (secondary N) is 2. The maximum atomic E-state index is 13.0. The molecule has 2 saturated heterocycles. The second-order valence-corrected chi connectivity index (χ2v) is 7.58. The molecular formula is C18H21F3N6O2. The summed E-state index contributed by atoms with van der Waals surface area (Å²) in [4.78, 5) is 23.9. The monoisotopic (exact) mass is 410 g/mol. The Morgan fingerprint density at radius 3 is 2.48 bits per heavy atom. The summed E-state index contributed by atoms with van der Waals surface area (Å²) in [6.45, 7) is 2.95. The van der Waals surface area contributed by atoms with Crippen molar-refractivity contribution in [2.24, 2.45) is 16.8 Å². The number of aliphatic imine (C=N–C) groups is 1. The van der Waals surface area contributed by atoms with Crippen molar-refractivity contribution >= 4 is 17.7 Å². The molecule has 11 heteroatoms. The average Bonchev–Trinajstić information content (AvgIpc) is 2.72. The number of amides is 1. The molecule has 8 nitrogen and oxygen atoms in total. The fourth-order valence-electron chi connectivity index (χ4n) is 4.22. The zero-order valence-corrected chi connectivity index (χ0v) is 15.5. The van der Waals surface area contributed by atoms with Gasteiger partial charge in [-0.2, -0.15) is 13.2 Å². The van der Waals surface area contributed by atoms with E-state index in [2.05, 4.69) is 20.2 Å². The molecule has 1 aromatic heterocycles. The number of alkyl halides is 3. The number of likely N-dealkylation sites (tertiary alicyclic amines) is 1. The van der Waals surface area contributed by atoms with E-state index in [4.69, 9.17) is 5.21 Å². The zero-order chi connectivity index (χ0) is 20.6. The number of fused-ring (bicyclic) bond motifs is 2. The van der Waals surface area contributed by atoms with Gasteiger partial charge in [0.15, 0.2) is 5.96 Å². The van der Waals surface area contributed by atoms with Crippen molar-refractivity contribution in [1.82, 2.24) is 20.7 Å². The Bertz CT molecular complexity index is 842. The molecule has 0 spiro atoms. The molecule has 4 rings (SSSR count). The lowest BCUT2D eigenvalue weighted by atomic mass is 9.84. The first-order chi connectivity index (χ1) is 13.8. The van der Waals surface area contributed by atoms with Crippen LogP contribution in [0.15, 0.2) is 35.1 Å². The van der Waals surface area contributed by atoms with Gasteiger partial charge in [0.25, 0.3) is 5.91 Å². The van der Waals surface area contributed by atoms with E-state index in [9.17, 15) is 18.0 Å². The lowest BCUT2D eigenvalue weighted by molar-refractivity contribution is -0.137. The summed E-state index contributed by atoms with van der Waals surface area (Å²) >= 11 is 0. The van der Waals surface area contributed by atoms with Crippen LogP contribution in [0.4, 0.5) is 19.0 Å². The Morgan fingerprint density at radius 1 is 1.21 bits per heavy atom. The Morgan fingerprint density at radius 2 is 1.90 bits per heavy atom. The Labute approximate surface area is 165 Å². The predicted molar refractivity (Wildman–Crippen MR) is 98.1 cm³/mol. The number of rotatable bonds is 2. The van der Waals surface area contributed by atoms with E-state index in [1.807, 2.05) is 4.90 Å². The van der Waals surface area contributed by atoms with Crippen LogP contribution in [-0.4, -0.2) is 59.7 Å². The number of anilines is 1. The topological polar surface area (TPSA) is 93.1 Å². The molecule has 4 heterocycles. The number of nitrogens with zero attached hydrogens (tertiary/aromatic N) is 4. The van der Waals surface area contributed by atoms with Gasteiger partial charge in [0, 0.05) is 45.1 Å². The zero-order valence-electron chi connectivity index (χ0n) is 15.5. The Balaban J connectivity index is 1.44. The predicted octanol–water partition coefficient (Wildman–Crippen LogP) is 1.21. The smallest absolute Gasteiger partial charge is 0.356 e. The van der Waals surface area contributed by atoms with E-state index in [0.717, 1.165) is 18.6 Å². The molecule has 29 heavy (non-hydrogen) atoms. The highest BCUT2D eigenvalue weighted by Crippen LogP contribution is 2.34. The van der Waals surface area contributed by atoms with Crippen molar-refractivity contribution in [1.29, 1.82) is 0 Å². The minimum atomic E-state index is -4.38. The van der Waals surface area contributed by atoms with E-state index in [-0.39, 0.29) is 18.4 Å². The number of halogens is 3. The maximum Gasteiger partial charge on any atom is 0.416 e. The Kier molecular flexibility index (Phi) is 5.07. The molecule has 1 amide bonds. The van der Waals surface area contributed by atoms with Crippen LogP contribution in [0.25, 0.3) is 0 Å². The van der Waals surface area contributed by atoms with Crippen LogP contribution >= 0.6 is 0 Å². The van der Waals surface area contributed by atoms with Crippen LogP contribution < -0.4 is 15.7 Å². The van der Waals surface area contributed by atoms with E-state index >= 15 is 0 Å². The molecule has 156 valence electrons. The molecule has 2 atom stereocenters. The van der Waals surface area contributed by atoms with Crippen LogP contribution in [0, 0.1) is 11.8 Å². The normalized spacial score (nSPS) is 24.4. The minimum Gasteiger partial charge on any atom is -0.356 e. The van der Waals surface area contributed by atoms with Crippen LogP contribution in [0.1, 0.15) is 12.0 Å². The first kappa shape index (κ1) is 19.5. The molecule has 2 bridgehead atoms. The van der Waals surface area contributed by atoms with Crippen molar-refractivity contribution in [3.63, 3.8) is 0 Å². The lowest BCUT2D eigenvalue weighted by Crippen LogP contribution is -2.57. The number of carbonyl (C=O) groups is 1. The highest BCUT2D eigenvalue weighted by molar-refractivity contribution is 5.95. The molecule has 3 aliphatic rings. The third-order valence-electron chi connectivity index (χ3n) is 5.45. The Hall–Kier alpha value is -2.82. The summed E-state index contributed by atoms with van der Waals surface area (Å²) in [5.41, 5.74) is 1.23. The fourth-order valence-corrected chi connectivity index (χ4v) is 4.22. The van der Waals surface area contributed by atoms with Gasteiger partial charge in [-0.05, 0) is 30.4 Å². The standard InChI is InChI=1S/C18H21F3N6O2/c19-18(20,21)14-1-2-22-15(4-14)26-7-11-3-12(8-26)10-27(9-11)17-23-5-13(6-24-17)16(28)25-29/h1-2,4-5,11-12,29H,3,6-10H2,(H,23,24)(H,25,28). The average molecular weight is 410 g/mol. The first-order valence-electron chi connectivity index (χ1n) is 9.32. The molecule has 3 N–H and O–H groups in total. The minimum absolute atomic E-state index is 0.261. The largest absolute Gasteiger partial charge is 0.416 e. The van der Waals surface area contributed by atoms with E-state index in [1.165, 1.54) is 12.4 Å². The van der Waals surface area contributed by atoms with Gasteiger partial charge in [-0.15, -0.1) is 0 Å². The number of hydroxylamine groups is 1. The first-order valence-corrected chi connectivity index (χ1v) is 9.32. The number of hydrogen-bond donors (Lipinski definition) is 3. The molecular weight excluding hydrogens is 389 g/mol. The second-order valence-electron chi connectivity index (χ2n) is 7.58. The van der Waals surface area contributed by atoms with E-state index in [1.54, 1.807) is 5.48 Å². The van der Waals surface area contributed by atoms with Gasteiger partial charge >= 0.3 is 6.18 Å². The summed E-state index contributed by atoms with van der Waals surface area (Å²) in [6.07, 6.45) is -0.736. The third-order valence-corrected chi connectivity index (χ3v) is 5.45. The van der Waals surface area contributed by atoms with Crippen molar-refractivity contribution in [3.8, 4) is 0 Å².